The number of nitrogens with zero attached hydrogens (tertiary/aromatic N) is 1. The normalized spacial score (nSPS) is 23.6. The fraction of sp³-hybridized carbons (Fsp3) is 0.625. The van der Waals surface area contributed by atoms with Gasteiger partial charge >= 0.3 is 0 Å². The number of rotatable bonds is 3. The number of hydrogen-bond acceptors (Lipinski definition) is 4. The lowest BCUT2D eigenvalue weighted by molar-refractivity contribution is -0.0553. The van der Waals surface area contributed by atoms with Crippen LogP contribution < -0.4 is 11.1 Å². The second-order valence-electron chi connectivity index (χ2n) is 6.65. The largest absolute Gasteiger partial charge is 0.389 e. The Labute approximate surface area is 131 Å². The van der Waals surface area contributed by atoms with Crippen LogP contribution in [0.2, 0.25) is 0 Å². The highest BCUT2D eigenvalue weighted by atomic mass is 32.1. The fourth-order valence-corrected chi connectivity index (χ4v) is 3.47. The summed E-state index contributed by atoms with van der Waals surface area (Å²) in [6, 6.07) is 2.48. The van der Waals surface area contributed by atoms with E-state index in [1.54, 1.807) is 0 Å². The van der Waals surface area contributed by atoms with Crippen molar-refractivity contribution in [3.63, 3.8) is 0 Å². The Bertz CT molecular complexity index is 571. The van der Waals surface area contributed by atoms with Gasteiger partial charge in [-0.2, -0.15) is 0 Å². The zero-order chi connectivity index (χ0) is 15.0. The summed E-state index contributed by atoms with van der Waals surface area (Å²) in [7, 11) is 0. The Kier molecular flexibility index (Phi) is 3.88. The molecular weight excluding hydrogens is 282 g/mol. The number of pyridine rings is 1. The van der Waals surface area contributed by atoms with Crippen molar-refractivity contribution in [2.75, 3.05) is 11.9 Å². The van der Waals surface area contributed by atoms with Crippen molar-refractivity contribution in [3.05, 3.63) is 22.9 Å². The summed E-state index contributed by atoms with van der Waals surface area (Å²) in [5.41, 5.74) is 9.19. The molecule has 2 aliphatic rings. The molecule has 114 valence electrons. The molecule has 3 N–H and O–H groups in total. The molecule has 3 rings (SSSR count). The standard InChI is InChI=1S/C16H23N3OS/c1-16(2)9-11(6-7-20-16)18-15-12(14(17)21)8-10-4-3-5-13(10)19-15/h8,11H,3-7,9H2,1-2H3,(H2,17,21)(H,18,19). The molecule has 21 heavy (non-hydrogen) atoms. The first kappa shape index (κ1) is 14.7. The van der Waals surface area contributed by atoms with E-state index in [1.807, 2.05) is 0 Å². The predicted octanol–water partition coefficient (Wildman–Crippen LogP) is 2.57. The van der Waals surface area contributed by atoms with Gasteiger partial charge in [-0.3, -0.25) is 0 Å². The topological polar surface area (TPSA) is 60.2 Å². The molecule has 5 heteroatoms. The van der Waals surface area contributed by atoms with E-state index in [4.69, 9.17) is 27.7 Å². The molecule has 1 fully saturated rings. The van der Waals surface area contributed by atoms with Gasteiger partial charge in [-0.25, -0.2) is 4.98 Å². The van der Waals surface area contributed by atoms with Gasteiger partial charge in [-0.05, 0) is 57.6 Å². The first-order chi connectivity index (χ1) is 9.94. The predicted molar refractivity (Wildman–Crippen MR) is 88.8 cm³/mol. The molecule has 0 bridgehead atoms. The van der Waals surface area contributed by atoms with E-state index in [9.17, 15) is 0 Å². The SMILES string of the molecule is CC1(C)CC(Nc2nc3c(cc2C(N)=S)CCC3)CCO1. The lowest BCUT2D eigenvalue weighted by Gasteiger charge is -2.36. The first-order valence-electron chi connectivity index (χ1n) is 7.68. The molecule has 0 radical (unpaired) electrons. The molecule has 1 aliphatic heterocycles. The maximum Gasteiger partial charge on any atom is 0.136 e. The van der Waals surface area contributed by atoms with E-state index in [2.05, 4.69) is 25.2 Å². The monoisotopic (exact) mass is 305 g/mol. The number of nitrogens with two attached hydrogens (primary N) is 1. The van der Waals surface area contributed by atoms with Crippen LogP contribution in [0.5, 0.6) is 0 Å². The first-order valence-corrected chi connectivity index (χ1v) is 8.08. The van der Waals surface area contributed by atoms with Crippen LogP contribution >= 0.6 is 12.2 Å². The molecule has 1 aliphatic carbocycles. The number of aromatic nitrogens is 1. The van der Waals surface area contributed by atoms with Crippen LogP contribution in [0.3, 0.4) is 0 Å². The van der Waals surface area contributed by atoms with Crippen molar-refractivity contribution in [1.82, 2.24) is 4.98 Å². The second kappa shape index (κ2) is 5.54. The average Bonchev–Trinajstić information content (AvgIpc) is 2.83. The minimum atomic E-state index is -0.0873. The van der Waals surface area contributed by atoms with Crippen molar-refractivity contribution in [1.29, 1.82) is 0 Å². The molecule has 0 spiro atoms. The number of aryl methyl sites for hydroxylation is 2. The van der Waals surface area contributed by atoms with Gasteiger partial charge in [0.05, 0.1) is 11.2 Å². The molecule has 1 atom stereocenters. The van der Waals surface area contributed by atoms with Crippen molar-refractivity contribution in [2.24, 2.45) is 5.73 Å². The third-order valence-electron chi connectivity index (χ3n) is 4.35. The summed E-state index contributed by atoms with van der Waals surface area (Å²) in [6.45, 7) is 5.04. The van der Waals surface area contributed by atoms with Gasteiger partial charge in [0.1, 0.15) is 10.8 Å². The maximum absolute atomic E-state index is 5.89. The Morgan fingerprint density at radius 1 is 1.48 bits per heavy atom. The van der Waals surface area contributed by atoms with Gasteiger partial charge in [0.15, 0.2) is 0 Å². The second-order valence-corrected chi connectivity index (χ2v) is 7.09. The van der Waals surface area contributed by atoms with Crippen molar-refractivity contribution < 1.29 is 4.74 Å². The average molecular weight is 305 g/mol. The maximum atomic E-state index is 5.89. The highest BCUT2D eigenvalue weighted by Crippen LogP contribution is 2.29. The van der Waals surface area contributed by atoms with Crippen molar-refractivity contribution in [3.8, 4) is 0 Å². The third-order valence-corrected chi connectivity index (χ3v) is 4.57. The lowest BCUT2D eigenvalue weighted by atomic mass is 9.94. The minimum absolute atomic E-state index is 0.0873. The fourth-order valence-electron chi connectivity index (χ4n) is 3.32. The van der Waals surface area contributed by atoms with E-state index in [0.717, 1.165) is 43.7 Å². The van der Waals surface area contributed by atoms with Gasteiger partial charge in [0, 0.05) is 18.3 Å². The Balaban J connectivity index is 1.86. The van der Waals surface area contributed by atoms with Crippen LogP contribution in [-0.2, 0) is 17.6 Å². The summed E-state index contributed by atoms with van der Waals surface area (Å²) < 4.78 is 5.77. The molecule has 1 aromatic rings. The Morgan fingerprint density at radius 3 is 3.00 bits per heavy atom. The summed E-state index contributed by atoms with van der Waals surface area (Å²) in [5.74, 6) is 0.853. The number of anilines is 1. The highest BCUT2D eigenvalue weighted by Gasteiger charge is 2.29. The highest BCUT2D eigenvalue weighted by molar-refractivity contribution is 7.80. The number of fused-ring (bicyclic) bond motifs is 1. The van der Waals surface area contributed by atoms with Crippen LogP contribution in [0, 0.1) is 0 Å². The summed E-state index contributed by atoms with van der Waals surface area (Å²) >= 11 is 5.21. The van der Waals surface area contributed by atoms with Gasteiger partial charge in [-0.15, -0.1) is 0 Å². The van der Waals surface area contributed by atoms with E-state index in [1.165, 1.54) is 17.7 Å². The summed E-state index contributed by atoms with van der Waals surface area (Å²) in [6.07, 6.45) is 5.26. The van der Waals surface area contributed by atoms with Gasteiger partial charge in [0.2, 0.25) is 0 Å². The van der Waals surface area contributed by atoms with Gasteiger partial charge < -0.3 is 15.8 Å². The smallest absolute Gasteiger partial charge is 0.136 e. The molecule has 1 unspecified atom stereocenters. The molecule has 4 nitrogen and oxygen atoms in total. The quantitative estimate of drug-likeness (QED) is 0.841. The Hall–Kier alpha value is -1.20. The number of hydrogen-bond donors (Lipinski definition) is 2. The number of thiocarbonyl (C=S) groups is 1. The van der Waals surface area contributed by atoms with Crippen LogP contribution in [0.1, 0.15) is 49.9 Å². The van der Waals surface area contributed by atoms with Gasteiger partial charge in [0.25, 0.3) is 0 Å². The Morgan fingerprint density at radius 2 is 2.29 bits per heavy atom. The number of ether oxygens (including phenoxy) is 1. The zero-order valence-corrected chi connectivity index (χ0v) is 13.6. The zero-order valence-electron chi connectivity index (χ0n) is 12.7. The molecule has 0 amide bonds. The molecule has 0 aromatic carbocycles. The molecule has 1 saturated heterocycles. The van der Waals surface area contributed by atoms with Crippen LogP contribution in [-0.4, -0.2) is 28.2 Å². The van der Waals surface area contributed by atoms with Crippen LogP contribution in [0.15, 0.2) is 6.07 Å². The van der Waals surface area contributed by atoms with E-state index in [-0.39, 0.29) is 5.60 Å². The molecule has 1 aromatic heterocycles. The minimum Gasteiger partial charge on any atom is -0.389 e. The van der Waals surface area contributed by atoms with Crippen LogP contribution in [0.4, 0.5) is 5.82 Å². The molecular formula is C16H23N3OS. The van der Waals surface area contributed by atoms with Crippen molar-refractivity contribution in [2.45, 2.75) is 57.6 Å². The van der Waals surface area contributed by atoms with E-state index >= 15 is 0 Å². The summed E-state index contributed by atoms with van der Waals surface area (Å²) in [5, 5.41) is 3.56. The molecule has 0 saturated carbocycles. The van der Waals surface area contributed by atoms with E-state index in [0.29, 0.717) is 11.0 Å². The van der Waals surface area contributed by atoms with E-state index < -0.39 is 0 Å². The summed E-state index contributed by atoms with van der Waals surface area (Å²) in [4.78, 5) is 5.22. The molecule has 2 heterocycles. The number of nitrogens with one attached hydrogen (secondary N) is 1. The van der Waals surface area contributed by atoms with Crippen LogP contribution in [0.25, 0.3) is 0 Å². The van der Waals surface area contributed by atoms with Crippen molar-refractivity contribution >= 4 is 23.0 Å². The van der Waals surface area contributed by atoms with Gasteiger partial charge in [-0.1, -0.05) is 12.2 Å². The lowest BCUT2D eigenvalue weighted by Crippen LogP contribution is -2.40. The third kappa shape index (κ3) is 3.19.